The summed E-state index contributed by atoms with van der Waals surface area (Å²) in [4.78, 5) is 8.44. The van der Waals surface area contributed by atoms with E-state index in [4.69, 9.17) is 10.00 Å². The van der Waals surface area contributed by atoms with Crippen LogP contribution in [0.4, 0.5) is 5.82 Å². The van der Waals surface area contributed by atoms with Gasteiger partial charge in [0.25, 0.3) is 0 Å². The molecule has 0 bridgehead atoms. The average molecular weight is 268 g/mol. The summed E-state index contributed by atoms with van der Waals surface area (Å²) in [5, 5.41) is 11.8. The van der Waals surface area contributed by atoms with Crippen LogP contribution in [0.25, 0.3) is 0 Å². The van der Waals surface area contributed by atoms with Gasteiger partial charge >= 0.3 is 0 Å². The SMILES string of the molecule is CNc1cnc(COc2c(C)cc(C#N)cc2C)cn1. The van der Waals surface area contributed by atoms with Crippen LogP contribution in [0, 0.1) is 25.2 Å². The number of anilines is 1. The largest absolute Gasteiger partial charge is 0.487 e. The molecule has 1 aromatic heterocycles. The second kappa shape index (κ2) is 6.02. The van der Waals surface area contributed by atoms with E-state index in [-0.39, 0.29) is 0 Å². The van der Waals surface area contributed by atoms with Gasteiger partial charge in [0.15, 0.2) is 0 Å². The lowest BCUT2D eigenvalue weighted by molar-refractivity contribution is 0.296. The molecular formula is C15H16N4O. The van der Waals surface area contributed by atoms with Gasteiger partial charge in [-0.15, -0.1) is 0 Å². The zero-order valence-corrected chi connectivity index (χ0v) is 11.8. The molecule has 0 atom stereocenters. The Labute approximate surface area is 118 Å². The molecule has 5 nitrogen and oxygen atoms in total. The summed E-state index contributed by atoms with van der Waals surface area (Å²) in [6.45, 7) is 4.21. The maximum Gasteiger partial charge on any atom is 0.144 e. The van der Waals surface area contributed by atoms with Crippen LogP contribution in [0.5, 0.6) is 5.75 Å². The van der Waals surface area contributed by atoms with Crippen LogP contribution in [-0.2, 0) is 6.61 Å². The van der Waals surface area contributed by atoms with E-state index in [0.29, 0.717) is 12.2 Å². The Kier molecular flexibility index (Phi) is 4.16. The van der Waals surface area contributed by atoms with Crippen molar-refractivity contribution in [3.63, 3.8) is 0 Å². The molecule has 0 saturated carbocycles. The molecule has 1 N–H and O–H groups in total. The summed E-state index contributed by atoms with van der Waals surface area (Å²) in [7, 11) is 1.80. The van der Waals surface area contributed by atoms with E-state index in [9.17, 15) is 0 Å². The van der Waals surface area contributed by atoms with Gasteiger partial charge in [0.2, 0.25) is 0 Å². The summed E-state index contributed by atoms with van der Waals surface area (Å²) < 4.78 is 5.79. The van der Waals surface area contributed by atoms with E-state index in [0.717, 1.165) is 28.4 Å². The number of rotatable bonds is 4. The van der Waals surface area contributed by atoms with Crippen LogP contribution < -0.4 is 10.1 Å². The van der Waals surface area contributed by atoms with Crippen molar-refractivity contribution in [3.05, 3.63) is 46.9 Å². The fourth-order valence-corrected chi connectivity index (χ4v) is 1.95. The Morgan fingerprint density at radius 2 is 1.90 bits per heavy atom. The predicted octanol–water partition coefficient (Wildman–Crippen LogP) is 2.59. The molecule has 102 valence electrons. The van der Waals surface area contributed by atoms with Gasteiger partial charge in [-0.1, -0.05) is 0 Å². The third-order valence-electron chi connectivity index (χ3n) is 2.92. The van der Waals surface area contributed by atoms with Gasteiger partial charge in [-0.05, 0) is 37.1 Å². The molecule has 0 fully saturated rings. The summed E-state index contributed by atoms with van der Waals surface area (Å²) >= 11 is 0. The summed E-state index contributed by atoms with van der Waals surface area (Å²) in [5.41, 5.74) is 3.29. The van der Waals surface area contributed by atoms with Crippen LogP contribution in [0.1, 0.15) is 22.4 Å². The molecule has 1 heterocycles. The lowest BCUT2D eigenvalue weighted by Crippen LogP contribution is -2.03. The first kappa shape index (κ1) is 13.8. The van der Waals surface area contributed by atoms with Crippen molar-refractivity contribution in [1.82, 2.24) is 9.97 Å². The highest BCUT2D eigenvalue weighted by atomic mass is 16.5. The van der Waals surface area contributed by atoms with Gasteiger partial charge in [0.1, 0.15) is 18.2 Å². The van der Waals surface area contributed by atoms with E-state index in [2.05, 4.69) is 21.4 Å². The molecule has 0 aliphatic carbocycles. The average Bonchev–Trinajstić information content (AvgIpc) is 2.46. The molecular weight excluding hydrogens is 252 g/mol. The van der Waals surface area contributed by atoms with Gasteiger partial charge in [-0.2, -0.15) is 5.26 Å². The highest BCUT2D eigenvalue weighted by Gasteiger charge is 2.07. The molecule has 0 radical (unpaired) electrons. The lowest BCUT2D eigenvalue weighted by Gasteiger charge is -2.12. The van der Waals surface area contributed by atoms with Crippen LogP contribution in [0.3, 0.4) is 0 Å². The summed E-state index contributed by atoms with van der Waals surface area (Å²) in [5.74, 6) is 1.52. The van der Waals surface area contributed by atoms with Crippen LogP contribution in [0.15, 0.2) is 24.5 Å². The Bertz CT molecular complexity index is 621. The van der Waals surface area contributed by atoms with Crippen molar-refractivity contribution < 1.29 is 4.74 Å². The summed E-state index contributed by atoms with van der Waals surface area (Å²) in [6, 6.07) is 5.77. The highest BCUT2D eigenvalue weighted by molar-refractivity contribution is 5.47. The van der Waals surface area contributed by atoms with E-state index in [1.54, 1.807) is 19.4 Å². The molecule has 0 aliphatic rings. The van der Waals surface area contributed by atoms with Gasteiger partial charge in [0, 0.05) is 7.05 Å². The molecule has 0 unspecified atom stereocenters. The molecule has 2 rings (SSSR count). The quantitative estimate of drug-likeness (QED) is 0.922. The number of ether oxygens (including phenoxy) is 1. The smallest absolute Gasteiger partial charge is 0.144 e. The van der Waals surface area contributed by atoms with Crippen molar-refractivity contribution in [2.75, 3.05) is 12.4 Å². The number of nitriles is 1. The second-order valence-corrected chi connectivity index (χ2v) is 4.48. The topological polar surface area (TPSA) is 70.8 Å². The predicted molar refractivity (Wildman–Crippen MR) is 76.5 cm³/mol. The normalized spacial score (nSPS) is 9.90. The fourth-order valence-electron chi connectivity index (χ4n) is 1.95. The Balaban J connectivity index is 2.12. The zero-order chi connectivity index (χ0) is 14.5. The third kappa shape index (κ3) is 3.04. The van der Waals surface area contributed by atoms with Gasteiger partial charge < -0.3 is 10.1 Å². The number of aryl methyl sites for hydroxylation is 2. The molecule has 1 aromatic carbocycles. The van der Waals surface area contributed by atoms with Crippen molar-refractivity contribution in [1.29, 1.82) is 5.26 Å². The maximum absolute atomic E-state index is 8.92. The standard InChI is InChI=1S/C15H16N4O/c1-10-4-12(6-16)5-11(2)15(10)20-9-13-7-19-14(17-3)8-18-13/h4-5,7-8H,9H2,1-3H3,(H,17,19). The van der Waals surface area contributed by atoms with Gasteiger partial charge in [-0.3, -0.25) is 4.98 Å². The molecule has 0 spiro atoms. The maximum atomic E-state index is 8.92. The number of nitrogens with zero attached hydrogens (tertiary/aromatic N) is 3. The number of hydrogen-bond donors (Lipinski definition) is 1. The first-order valence-corrected chi connectivity index (χ1v) is 6.27. The monoisotopic (exact) mass is 268 g/mol. The van der Waals surface area contributed by atoms with Crippen LogP contribution in [-0.4, -0.2) is 17.0 Å². The van der Waals surface area contributed by atoms with Gasteiger partial charge in [-0.25, -0.2) is 4.98 Å². The fraction of sp³-hybridized carbons (Fsp3) is 0.267. The van der Waals surface area contributed by atoms with E-state index in [1.807, 2.05) is 26.0 Å². The molecule has 0 amide bonds. The van der Waals surface area contributed by atoms with E-state index >= 15 is 0 Å². The molecule has 0 saturated heterocycles. The molecule has 2 aromatic rings. The van der Waals surface area contributed by atoms with Crippen LogP contribution in [0.2, 0.25) is 0 Å². The third-order valence-corrected chi connectivity index (χ3v) is 2.92. The Morgan fingerprint density at radius 1 is 1.20 bits per heavy atom. The minimum atomic E-state index is 0.352. The molecule has 20 heavy (non-hydrogen) atoms. The summed E-state index contributed by atoms with van der Waals surface area (Å²) in [6.07, 6.45) is 3.34. The number of benzene rings is 1. The number of hydrogen-bond acceptors (Lipinski definition) is 5. The molecule has 0 aliphatic heterocycles. The zero-order valence-electron chi connectivity index (χ0n) is 11.8. The van der Waals surface area contributed by atoms with Crippen molar-refractivity contribution >= 4 is 5.82 Å². The van der Waals surface area contributed by atoms with Crippen LogP contribution >= 0.6 is 0 Å². The first-order chi connectivity index (χ1) is 9.63. The first-order valence-electron chi connectivity index (χ1n) is 6.27. The van der Waals surface area contributed by atoms with Crippen molar-refractivity contribution in [2.24, 2.45) is 0 Å². The van der Waals surface area contributed by atoms with Gasteiger partial charge in [0.05, 0.1) is 29.7 Å². The molecule has 5 heteroatoms. The second-order valence-electron chi connectivity index (χ2n) is 4.48. The Hall–Kier alpha value is -2.61. The minimum Gasteiger partial charge on any atom is -0.487 e. The van der Waals surface area contributed by atoms with E-state index in [1.165, 1.54) is 0 Å². The van der Waals surface area contributed by atoms with E-state index < -0.39 is 0 Å². The number of aromatic nitrogens is 2. The Morgan fingerprint density at radius 3 is 2.40 bits per heavy atom. The minimum absolute atomic E-state index is 0.352. The van der Waals surface area contributed by atoms with Crippen molar-refractivity contribution in [3.8, 4) is 11.8 Å². The number of nitrogens with one attached hydrogen (secondary N) is 1. The van der Waals surface area contributed by atoms with Crippen molar-refractivity contribution in [2.45, 2.75) is 20.5 Å². The lowest BCUT2D eigenvalue weighted by atomic mass is 10.1. The highest BCUT2D eigenvalue weighted by Crippen LogP contribution is 2.25.